The molecule has 1 heterocycles. The molecular weight excluding hydrogens is 302 g/mol. The summed E-state index contributed by atoms with van der Waals surface area (Å²) in [5, 5.41) is 9.15. The first-order valence-corrected chi connectivity index (χ1v) is 9.14. The number of hydrogen-bond acceptors (Lipinski definition) is 3. The van der Waals surface area contributed by atoms with E-state index in [1.54, 1.807) is 12.1 Å². The molecule has 0 aliphatic carbocycles. The molecule has 1 fully saturated rings. The lowest BCUT2D eigenvalue weighted by molar-refractivity contribution is -0.143. The van der Waals surface area contributed by atoms with Crippen LogP contribution in [-0.4, -0.2) is 36.4 Å². The number of benzene rings is 1. The Hall–Kier alpha value is -1.40. The molecule has 0 aromatic heterocycles. The summed E-state index contributed by atoms with van der Waals surface area (Å²) in [6.45, 7) is 3.96. The fourth-order valence-electron chi connectivity index (χ4n) is 2.86. The summed E-state index contributed by atoms with van der Waals surface area (Å²) in [7, 11) is -3.64. The van der Waals surface area contributed by atoms with Gasteiger partial charge in [-0.3, -0.25) is 4.79 Å². The first-order chi connectivity index (χ1) is 10.4. The minimum Gasteiger partial charge on any atom is -0.481 e. The van der Waals surface area contributed by atoms with Gasteiger partial charge in [0.2, 0.25) is 10.0 Å². The highest BCUT2D eigenvalue weighted by molar-refractivity contribution is 7.89. The normalized spacial score (nSPS) is 23.4. The summed E-state index contributed by atoms with van der Waals surface area (Å²) >= 11 is 0. The molecule has 6 heteroatoms. The van der Waals surface area contributed by atoms with Crippen molar-refractivity contribution in [1.82, 2.24) is 4.31 Å². The summed E-state index contributed by atoms with van der Waals surface area (Å²) in [5.74, 6) is -1.55. The van der Waals surface area contributed by atoms with Crippen molar-refractivity contribution in [1.29, 1.82) is 0 Å². The number of aryl methyl sites for hydroxylation is 1. The highest BCUT2D eigenvalue weighted by Gasteiger charge is 2.37. The topological polar surface area (TPSA) is 74.7 Å². The second-order valence-corrected chi connectivity index (χ2v) is 7.82. The van der Waals surface area contributed by atoms with Gasteiger partial charge in [0.25, 0.3) is 0 Å². The number of hydrogen-bond donors (Lipinski definition) is 1. The van der Waals surface area contributed by atoms with Crippen LogP contribution in [-0.2, 0) is 21.2 Å². The molecule has 122 valence electrons. The van der Waals surface area contributed by atoms with Gasteiger partial charge in [0.15, 0.2) is 0 Å². The standard InChI is InChI=1S/C16H23NO4S/c1-3-4-13-6-9-15(10-7-13)22(20,21)17-11-14(16(18)19)8-5-12(17)2/h6-7,9-10,12,14H,3-5,8,11H2,1-2H3,(H,18,19). The molecule has 0 amide bonds. The second-order valence-electron chi connectivity index (χ2n) is 5.93. The minimum atomic E-state index is -3.64. The van der Waals surface area contributed by atoms with Gasteiger partial charge in [-0.2, -0.15) is 4.31 Å². The Morgan fingerprint density at radius 1 is 1.27 bits per heavy atom. The molecule has 1 aliphatic heterocycles. The van der Waals surface area contributed by atoms with Crippen LogP contribution in [0.3, 0.4) is 0 Å². The van der Waals surface area contributed by atoms with Gasteiger partial charge in [0.1, 0.15) is 0 Å². The fourth-order valence-corrected chi connectivity index (χ4v) is 4.57. The molecule has 2 atom stereocenters. The molecular formula is C16H23NO4S. The molecule has 5 nitrogen and oxygen atoms in total. The van der Waals surface area contributed by atoms with Crippen LogP contribution >= 0.6 is 0 Å². The second kappa shape index (κ2) is 6.79. The molecule has 0 spiro atoms. The van der Waals surface area contributed by atoms with Crippen molar-refractivity contribution in [2.75, 3.05) is 6.54 Å². The van der Waals surface area contributed by atoms with Gasteiger partial charge in [-0.1, -0.05) is 25.5 Å². The number of sulfonamides is 1. The van der Waals surface area contributed by atoms with Gasteiger partial charge in [-0.05, 0) is 43.9 Å². The molecule has 1 aliphatic rings. The number of piperidine rings is 1. The summed E-state index contributed by atoms with van der Waals surface area (Å²) in [4.78, 5) is 11.4. The fraction of sp³-hybridized carbons (Fsp3) is 0.562. The average Bonchev–Trinajstić information content (AvgIpc) is 2.48. The van der Waals surface area contributed by atoms with E-state index in [1.807, 2.05) is 19.1 Å². The van der Waals surface area contributed by atoms with Gasteiger partial charge in [-0.25, -0.2) is 8.42 Å². The van der Waals surface area contributed by atoms with Gasteiger partial charge in [-0.15, -0.1) is 0 Å². The molecule has 1 aromatic carbocycles. The van der Waals surface area contributed by atoms with Crippen LogP contribution in [0.25, 0.3) is 0 Å². The number of carbonyl (C=O) groups is 1. The lowest BCUT2D eigenvalue weighted by Gasteiger charge is -2.35. The third kappa shape index (κ3) is 3.50. The third-order valence-corrected chi connectivity index (χ3v) is 6.24. The Morgan fingerprint density at radius 3 is 2.45 bits per heavy atom. The zero-order valence-corrected chi connectivity index (χ0v) is 13.8. The van der Waals surface area contributed by atoms with Crippen molar-refractivity contribution < 1.29 is 18.3 Å². The monoisotopic (exact) mass is 325 g/mol. The first kappa shape index (κ1) is 17.0. The lowest BCUT2D eigenvalue weighted by Crippen LogP contribution is -2.47. The van der Waals surface area contributed by atoms with E-state index >= 15 is 0 Å². The van der Waals surface area contributed by atoms with E-state index in [0.29, 0.717) is 12.8 Å². The maximum atomic E-state index is 12.8. The third-order valence-electron chi connectivity index (χ3n) is 4.24. The van der Waals surface area contributed by atoms with E-state index < -0.39 is 21.9 Å². The molecule has 22 heavy (non-hydrogen) atoms. The molecule has 2 unspecified atom stereocenters. The highest BCUT2D eigenvalue weighted by atomic mass is 32.2. The Labute approximate surface area is 132 Å². The van der Waals surface area contributed by atoms with Crippen molar-refractivity contribution in [2.45, 2.75) is 50.5 Å². The highest BCUT2D eigenvalue weighted by Crippen LogP contribution is 2.28. The summed E-state index contributed by atoms with van der Waals surface area (Å²) < 4.78 is 26.9. The maximum absolute atomic E-state index is 12.8. The number of carboxylic acids is 1. The van der Waals surface area contributed by atoms with E-state index in [9.17, 15) is 13.2 Å². The summed E-state index contributed by atoms with van der Waals surface area (Å²) in [6.07, 6.45) is 3.03. The Bertz CT molecular complexity index is 624. The van der Waals surface area contributed by atoms with E-state index in [4.69, 9.17) is 5.11 Å². The quantitative estimate of drug-likeness (QED) is 0.902. The smallest absolute Gasteiger partial charge is 0.307 e. The largest absolute Gasteiger partial charge is 0.481 e. The van der Waals surface area contributed by atoms with E-state index in [-0.39, 0.29) is 17.5 Å². The van der Waals surface area contributed by atoms with Gasteiger partial charge < -0.3 is 5.11 Å². The number of rotatable bonds is 5. The summed E-state index contributed by atoms with van der Waals surface area (Å²) in [5.41, 5.74) is 1.11. The molecule has 0 radical (unpaired) electrons. The maximum Gasteiger partial charge on any atom is 0.307 e. The van der Waals surface area contributed by atoms with Gasteiger partial charge >= 0.3 is 5.97 Å². The molecule has 1 aromatic rings. The van der Waals surface area contributed by atoms with Crippen molar-refractivity contribution in [3.05, 3.63) is 29.8 Å². The Kier molecular flexibility index (Phi) is 5.24. The molecule has 1 saturated heterocycles. The van der Waals surface area contributed by atoms with Crippen molar-refractivity contribution in [2.24, 2.45) is 5.92 Å². The average molecular weight is 325 g/mol. The van der Waals surface area contributed by atoms with Crippen LogP contribution in [0.15, 0.2) is 29.2 Å². The van der Waals surface area contributed by atoms with Crippen molar-refractivity contribution in [3.63, 3.8) is 0 Å². The zero-order valence-electron chi connectivity index (χ0n) is 13.0. The van der Waals surface area contributed by atoms with E-state index in [0.717, 1.165) is 18.4 Å². The molecule has 0 bridgehead atoms. The zero-order chi connectivity index (χ0) is 16.3. The van der Waals surface area contributed by atoms with Crippen molar-refractivity contribution >= 4 is 16.0 Å². The van der Waals surface area contributed by atoms with E-state index in [1.165, 1.54) is 4.31 Å². The van der Waals surface area contributed by atoms with Crippen LogP contribution in [0, 0.1) is 5.92 Å². The lowest BCUT2D eigenvalue weighted by atomic mass is 9.96. The SMILES string of the molecule is CCCc1ccc(S(=O)(=O)N2CC(C(=O)O)CCC2C)cc1. The number of aliphatic carboxylic acids is 1. The molecule has 0 saturated carbocycles. The number of carboxylic acid groups (broad SMARTS) is 1. The number of nitrogens with zero attached hydrogens (tertiary/aromatic N) is 1. The van der Waals surface area contributed by atoms with Crippen LogP contribution in [0.5, 0.6) is 0 Å². The van der Waals surface area contributed by atoms with Crippen molar-refractivity contribution in [3.8, 4) is 0 Å². The Balaban J connectivity index is 2.25. The molecule has 2 rings (SSSR count). The molecule has 1 N–H and O–H groups in total. The van der Waals surface area contributed by atoms with Crippen LogP contribution in [0.2, 0.25) is 0 Å². The van der Waals surface area contributed by atoms with Gasteiger partial charge in [0, 0.05) is 12.6 Å². The first-order valence-electron chi connectivity index (χ1n) is 7.69. The van der Waals surface area contributed by atoms with Crippen LogP contribution < -0.4 is 0 Å². The van der Waals surface area contributed by atoms with Crippen LogP contribution in [0.1, 0.15) is 38.7 Å². The minimum absolute atomic E-state index is 0.0511. The predicted molar refractivity (Wildman–Crippen MR) is 84.2 cm³/mol. The van der Waals surface area contributed by atoms with E-state index in [2.05, 4.69) is 6.92 Å². The Morgan fingerprint density at radius 2 is 1.91 bits per heavy atom. The van der Waals surface area contributed by atoms with Crippen LogP contribution in [0.4, 0.5) is 0 Å². The summed E-state index contributed by atoms with van der Waals surface area (Å²) in [6, 6.07) is 6.74. The predicted octanol–water partition coefficient (Wildman–Crippen LogP) is 2.51. The van der Waals surface area contributed by atoms with Gasteiger partial charge in [0.05, 0.1) is 10.8 Å².